The number of carboxylic acids is 1. The van der Waals surface area contributed by atoms with Crippen molar-refractivity contribution < 1.29 is 24.2 Å². The number of nitrogens with two attached hydrogens (primary N) is 1. The van der Waals surface area contributed by atoms with Crippen molar-refractivity contribution in [2.75, 3.05) is 6.54 Å². The predicted molar refractivity (Wildman–Crippen MR) is 184 cm³/mol. The van der Waals surface area contributed by atoms with Gasteiger partial charge in [0.1, 0.15) is 12.1 Å². The summed E-state index contributed by atoms with van der Waals surface area (Å²) in [6, 6.07) is -0.853. The summed E-state index contributed by atoms with van der Waals surface area (Å²) in [4.78, 5) is 36.0. The van der Waals surface area contributed by atoms with Crippen molar-refractivity contribution in [2.45, 2.75) is 187 Å². The van der Waals surface area contributed by atoms with E-state index in [1.165, 1.54) is 64.2 Å². The molecule has 0 aliphatic carbocycles. The molecule has 0 spiro atoms. The summed E-state index contributed by atoms with van der Waals surface area (Å²) in [5.41, 5.74) is 5.45. The molecule has 0 aliphatic rings. The first-order chi connectivity index (χ1) is 21.4. The number of nitrogens with one attached hydrogen (secondary N) is 1. The van der Waals surface area contributed by atoms with Crippen molar-refractivity contribution in [3.05, 3.63) is 24.3 Å². The van der Waals surface area contributed by atoms with Crippen LogP contribution < -0.4 is 11.1 Å². The van der Waals surface area contributed by atoms with Crippen LogP contribution in [0.3, 0.4) is 0 Å². The number of carbonyl (C=O) groups is 3. The first-order valence-electron chi connectivity index (χ1n) is 18.2. The molecule has 0 saturated carbocycles. The van der Waals surface area contributed by atoms with Crippen molar-refractivity contribution >= 4 is 17.8 Å². The normalized spacial score (nSPS) is 13.0. The summed E-state index contributed by atoms with van der Waals surface area (Å²) in [5.74, 6) is -1.29. The largest absolute Gasteiger partial charge is 0.480 e. The summed E-state index contributed by atoms with van der Waals surface area (Å²) in [7, 11) is 0. The fraction of sp³-hybridized carbons (Fsp3) is 0.811. The van der Waals surface area contributed by atoms with Gasteiger partial charge < -0.3 is 20.9 Å². The fourth-order valence-electron chi connectivity index (χ4n) is 5.22. The first kappa shape index (κ1) is 41.9. The third kappa shape index (κ3) is 28.6. The van der Waals surface area contributed by atoms with Crippen LogP contribution >= 0.6 is 0 Å². The molecule has 0 aliphatic heterocycles. The summed E-state index contributed by atoms with van der Waals surface area (Å²) >= 11 is 0. The second-order valence-electron chi connectivity index (χ2n) is 12.3. The number of ether oxygens (including phenoxy) is 1. The van der Waals surface area contributed by atoms with Crippen LogP contribution in [0.5, 0.6) is 0 Å². The Balaban J connectivity index is 4.33. The van der Waals surface area contributed by atoms with E-state index >= 15 is 0 Å². The molecule has 0 aromatic rings. The van der Waals surface area contributed by atoms with Crippen LogP contribution in [-0.2, 0) is 19.1 Å². The lowest BCUT2D eigenvalue weighted by Crippen LogP contribution is -2.40. The van der Waals surface area contributed by atoms with Crippen LogP contribution in [0.25, 0.3) is 0 Å². The molecule has 44 heavy (non-hydrogen) atoms. The number of amides is 1. The van der Waals surface area contributed by atoms with E-state index in [2.05, 4.69) is 43.5 Å². The van der Waals surface area contributed by atoms with E-state index in [9.17, 15) is 19.5 Å². The maximum absolute atomic E-state index is 12.6. The zero-order chi connectivity index (χ0) is 32.5. The molecule has 0 bridgehead atoms. The SMILES string of the molecule is CCCCC/C=C\C/C=C\C(CCCCCCCCC(=O)NC(CCCN)C(=O)O)OC(=O)CCCCCCCCCCC. The molecular formula is C37H68N2O5. The molecule has 0 aromatic heterocycles. The number of rotatable bonds is 32. The summed E-state index contributed by atoms with van der Waals surface area (Å²) in [6.45, 7) is 4.88. The lowest BCUT2D eigenvalue weighted by atomic mass is 10.0. The number of hydrogen-bond donors (Lipinski definition) is 3. The van der Waals surface area contributed by atoms with Crippen molar-refractivity contribution in [1.29, 1.82) is 0 Å². The minimum Gasteiger partial charge on any atom is -0.480 e. The zero-order valence-corrected chi connectivity index (χ0v) is 28.5. The van der Waals surface area contributed by atoms with Gasteiger partial charge in [-0.15, -0.1) is 0 Å². The highest BCUT2D eigenvalue weighted by atomic mass is 16.5. The van der Waals surface area contributed by atoms with Gasteiger partial charge in [0.15, 0.2) is 0 Å². The molecular weight excluding hydrogens is 552 g/mol. The molecule has 0 aromatic carbocycles. The molecule has 4 N–H and O–H groups in total. The Bertz CT molecular complexity index is 752. The molecule has 0 radical (unpaired) electrons. The Labute approximate surface area is 270 Å². The minimum absolute atomic E-state index is 0.0795. The zero-order valence-electron chi connectivity index (χ0n) is 28.5. The lowest BCUT2D eigenvalue weighted by Gasteiger charge is -2.15. The summed E-state index contributed by atoms with van der Waals surface area (Å²) < 4.78 is 5.88. The van der Waals surface area contributed by atoms with Gasteiger partial charge in [0.25, 0.3) is 0 Å². The van der Waals surface area contributed by atoms with Crippen molar-refractivity contribution in [2.24, 2.45) is 5.73 Å². The Morgan fingerprint density at radius 2 is 1.25 bits per heavy atom. The smallest absolute Gasteiger partial charge is 0.326 e. The maximum Gasteiger partial charge on any atom is 0.326 e. The first-order valence-corrected chi connectivity index (χ1v) is 18.2. The summed E-state index contributed by atoms with van der Waals surface area (Å²) in [5, 5.41) is 11.9. The van der Waals surface area contributed by atoms with E-state index in [4.69, 9.17) is 10.5 Å². The van der Waals surface area contributed by atoms with Gasteiger partial charge in [-0.2, -0.15) is 0 Å². The fourth-order valence-corrected chi connectivity index (χ4v) is 5.22. The van der Waals surface area contributed by atoms with Crippen LogP contribution in [-0.4, -0.2) is 41.6 Å². The van der Waals surface area contributed by atoms with E-state index in [-0.39, 0.29) is 18.0 Å². The molecule has 0 heterocycles. The van der Waals surface area contributed by atoms with Gasteiger partial charge in [-0.3, -0.25) is 9.59 Å². The second-order valence-corrected chi connectivity index (χ2v) is 12.3. The van der Waals surface area contributed by atoms with Crippen LogP contribution in [0.1, 0.15) is 174 Å². The van der Waals surface area contributed by atoms with Crippen molar-refractivity contribution in [3.8, 4) is 0 Å². The predicted octanol–water partition coefficient (Wildman–Crippen LogP) is 9.33. The Kier molecular flexibility index (Phi) is 30.7. The highest BCUT2D eigenvalue weighted by Crippen LogP contribution is 2.15. The minimum atomic E-state index is -1.01. The van der Waals surface area contributed by atoms with Crippen LogP contribution in [0, 0.1) is 0 Å². The molecule has 1 amide bonds. The molecule has 256 valence electrons. The maximum atomic E-state index is 12.6. The molecule has 0 fully saturated rings. The Morgan fingerprint density at radius 1 is 0.682 bits per heavy atom. The average molecular weight is 621 g/mol. The van der Waals surface area contributed by atoms with Gasteiger partial charge in [-0.1, -0.05) is 122 Å². The van der Waals surface area contributed by atoms with E-state index in [0.29, 0.717) is 32.2 Å². The number of hydrogen-bond acceptors (Lipinski definition) is 5. The number of esters is 1. The van der Waals surface area contributed by atoms with Gasteiger partial charge in [0, 0.05) is 12.8 Å². The highest BCUT2D eigenvalue weighted by molar-refractivity contribution is 5.83. The number of carbonyl (C=O) groups excluding carboxylic acids is 2. The molecule has 2 unspecified atom stereocenters. The number of unbranched alkanes of at least 4 members (excludes halogenated alkanes) is 16. The lowest BCUT2D eigenvalue weighted by molar-refractivity contribution is -0.147. The van der Waals surface area contributed by atoms with E-state index in [0.717, 1.165) is 70.6 Å². The monoisotopic (exact) mass is 621 g/mol. The number of carboxylic acid groups (broad SMARTS) is 1. The van der Waals surface area contributed by atoms with Gasteiger partial charge in [-0.25, -0.2) is 4.79 Å². The molecule has 7 nitrogen and oxygen atoms in total. The summed E-state index contributed by atoms with van der Waals surface area (Å²) in [6.07, 6.45) is 33.8. The van der Waals surface area contributed by atoms with Gasteiger partial charge in [0.2, 0.25) is 5.91 Å². The topological polar surface area (TPSA) is 119 Å². The van der Waals surface area contributed by atoms with E-state index < -0.39 is 12.0 Å². The molecule has 0 rings (SSSR count). The van der Waals surface area contributed by atoms with Crippen LogP contribution in [0.4, 0.5) is 0 Å². The van der Waals surface area contributed by atoms with Gasteiger partial charge in [0.05, 0.1) is 0 Å². The second kappa shape index (κ2) is 32.2. The third-order valence-corrected chi connectivity index (χ3v) is 8.00. The number of allylic oxidation sites excluding steroid dienone is 3. The van der Waals surface area contributed by atoms with Crippen molar-refractivity contribution in [3.63, 3.8) is 0 Å². The number of aliphatic carboxylic acids is 1. The van der Waals surface area contributed by atoms with Crippen LogP contribution in [0.2, 0.25) is 0 Å². The Hall–Kier alpha value is -2.15. The third-order valence-electron chi connectivity index (χ3n) is 8.00. The van der Waals surface area contributed by atoms with Crippen molar-refractivity contribution in [1.82, 2.24) is 5.32 Å². The van der Waals surface area contributed by atoms with E-state index in [1.54, 1.807) is 0 Å². The molecule has 2 atom stereocenters. The molecule has 0 saturated heterocycles. The quantitative estimate of drug-likeness (QED) is 0.0392. The molecule has 7 heteroatoms. The Morgan fingerprint density at radius 3 is 1.86 bits per heavy atom. The highest BCUT2D eigenvalue weighted by Gasteiger charge is 2.18. The van der Waals surface area contributed by atoms with Crippen LogP contribution in [0.15, 0.2) is 24.3 Å². The average Bonchev–Trinajstić information content (AvgIpc) is 3.00. The van der Waals surface area contributed by atoms with Gasteiger partial charge in [-0.05, 0) is 70.4 Å². The standard InChI is InChI=1S/C37H68N2O5/c1-3-5-7-9-11-13-15-21-25-31-36(41)44-33(27-22-18-14-12-10-8-6-4-2)28-23-19-16-17-20-24-30-35(40)39-34(37(42)43)29-26-32-38/h12,14,22,27,33-34H,3-11,13,15-21,23-26,28-32,38H2,1-2H3,(H,39,40)(H,42,43)/b14-12-,27-22-. The van der Waals surface area contributed by atoms with E-state index in [1.807, 2.05) is 0 Å². The van der Waals surface area contributed by atoms with Gasteiger partial charge >= 0.3 is 11.9 Å².